The molecule has 1 aliphatic rings. The minimum Gasteiger partial charge on any atom is -0.493 e. The zero-order valence-corrected chi connectivity index (χ0v) is 24.8. The van der Waals surface area contributed by atoms with Crippen molar-refractivity contribution < 1.29 is 23.5 Å². The number of carbonyl (C=O) groups excluding carboxylic acids is 2. The second kappa shape index (κ2) is 14.4. The third-order valence-electron chi connectivity index (χ3n) is 7.11. The van der Waals surface area contributed by atoms with Crippen LogP contribution in [0.3, 0.4) is 0 Å². The van der Waals surface area contributed by atoms with Crippen LogP contribution in [0.1, 0.15) is 63.5 Å². The van der Waals surface area contributed by atoms with E-state index in [1.54, 1.807) is 24.0 Å². The lowest BCUT2D eigenvalue weighted by atomic mass is 9.91. The number of furan rings is 1. The molecular weight excluding hydrogens is 494 g/mol. The number of likely N-dealkylation sites (tertiary alicyclic amines) is 1. The van der Waals surface area contributed by atoms with Gasteiger partial charge in [0.2, 0.25) is 11.8 Å². The highest BCUT2D eigenvalue weighted by Crippen LogP contribution is 2.28. The molecular formula is C31H47N3O5. The number of amides is 2. The van der Waals surface area contributed by atoms with Crippen LogP contribution >= 0.6 is 0 Å². The number of hydrogen-bond acceptors (Lipinski definition) is 6. The normalized spacial score (nSPS) is 14.2. The standard InChI is InChI=1S/C31H47N3O5/c1-24-10-12-26(39-24)22-33(17-14-25-11-13-27(37-5)28(20-25)38-6)30(36)23-34(29(35)21-31(2,3)4)19-18-32-15-8-7-9-16-32/h10-13,20H,7-9,14-19,21-23H2,1-6H3. The SMILES string of the molecule is COc1ccc(CCN(Cc2ccc(C)o2)C(=O)CN(CCN2CCCCC2)C(=O)CC(C)(C)C)cc1OC. The zero-order valence-electron chi connectivity index (χ0n) is 24.8. The first-order valence-electron chi connectivity index (χ1n) is 14.1. The minimum absolute atomic E-state index is 0.0292. The molecule has 1 aromatic heterocycles. The third kappa shape index (κ3) is 9.92. The Kier molecular flexibility index (Phi) is 11.3. The van der Waals surface area contributed by atoms with Crippen LogP contribution in [0.5, 0.6) is 11.5 Å². The first-order chi connectivity index (χ1) is 18.6. The van der Waals surface area contributed by atoms with Gasteiger partial charge in [-0.05, 0) is 74.5 Å². The molecule has 1 fully saturated rings. The highest BCUT2D eigenvalue weighted by molar-refractivity contribution is 5.85. The lowest BCUT2D eigenvalue weighted by Gasteiger charge is -2.32. The number of rotatable bonds is 13. The average Bonchev–Trinajstić information content (AvgIpc) is 3.32. The van der Waals surface area contributed by atoms with E-state index in [1.165, 1.54) is 19.3 Å². The van der Waals surface area contributed by atoms with Crippen molar-refractivity contribution in [2.24, 2.45) is 5.41 Å². The highest BCUT2D eigenvalue weighted by Gasteiger charge is 2.26. The Morgan fingerprint density at radius 1 is 0.923 bits per heavy atom. The van der Waals surface area contributed by atoms with Crippen LogP contribution in [-0.2, 0) is 22.6 Å². The van der Waals surface area contributed by atoms with Gasteiger partial charge in [0, 0.05) is 26.1 Å². The van der Waals surface area contributed by atoms with Gasteiger partial charge in [0.25, 0.3) is 0 Å². The van der Waals surface area contributed by atoms with E-state index in [9.17, 15) is 9.59 Å². The summed E-state index contributed by atoms with van der Waals surface area (Å²) in [4.78, 5) is 33.1. The topological polar surface area (TPSA) is 75.5 Å². The number of aryl methyl sites for hydroxylation is 1. The monoisotopic (exact) mass is 541 g/mol. The quantitative estimate of drug-likeness (QED) is 0.358. The molecule has 1 aromatic carbocycles. The Labute approximate surface area is 234 Å². The summed E-state index contributed by atoms with van der Waals surface area (Å²) >= 11 is 0. The maximum absolute atomic E-state index is 13.8. The number of carbonyl (C=O) groups is 2. The maximum atomic E-state index is 13.8. The molecule has 0 radical (unpaired) electrons. The number of hydrogen-bond donors (Lipinski definition) is 0. The van der Waals surface area contributed by atoms with Gasteiger partial charge in [-0.15, -0.1) is 0 Å². The fourth-order valence-electron chi connectivity index (χ4n) is 4.92. The van der Waals surface area contributed by atoms with Gasteiger partial charge in [-0.2, -0.15) is 0 Å². The van der Waals surface area contributed by atoms with E-state index in [1.807, 2.05) is 37.3 Å². The summed E-state index contributed by atoms with van der Waals surface area (Å²) in [6.45, 7) is 12.5. The summed E-state index contributed by atoms with van der Waals surface area (Å²) in [5.74, 6) is 2.81. The molecule has 8 nitrogen and oxygen atoms in total. The fraction of sp³-hybridized carbons (Fsp3) is 0.613. The predicted molar refractivity (Wildman–Crippen MR) is 153 cm³/mol. The molecule has 0 atom stereocenters. The molecule has 1 aliphatic heterocycles. The molecule has 0 bridgehead atoms. The van der Waals surface area contributed by atoms with Crippen molar-refractivity contribution in [3.8, 4) is 11.5 Å². The Hall–Kier alpha value is -3.00. The Balaban J connectivity index is 1.74. The maximum Gasteiger partial charge on any atom is 0.242 e. The number of ether oxygens (including phenoxy) is 2. The number of piperidine rings is 1. The molecule has 1 saturated heterocycles. The van der Waals surface area contributed by atoms with Gasteiger partial charge in [-0.1, -0.05) is 33.3 Å². The van der Waals surface area contributed by atoms with Crippen LogP contribution in [0.2, 0.25) is 0 Å². The predicted octanol–water partition coefficient (Wildman–Crippen LogP) is 4.93. The smallest absolute Gasteiger partial charge is 0.242 e. The first kappa shape index (κ1) is 30.5. The van der Waals surface area contributed by atoms with Crippen LogP contribution in [0.4, 0.5) is 0 Å². The lowest BCUT2D eigenvalue weighted by Crippen LogP contribution is -2.47. The van der Waals surface area contributed by atoms with E-state index in [2.05, 4.69) is 25.7 Å². The molecule has 0 N–H and O–H groups in total. The molecule has 0 aliphatic carbocycles. The van der Waals surface area contributed by atoms with Crippen molar-refractivity contribution in [1.82, 2.24) is 14.7 Å². The second-order valence-electron chi connectivity index (χ2n) is 11.7. The second-order valence-corrected chi connectivity index (χ2v) is 11.7. The van der Waals surface area contributed by atoms with E-state index in [4.69, 9.17) is 13.9 Å². The number of nitrogens with zero attached hydrogens (tertiary/aromatic N) is 3. The third-order valence-corrected chi connectivity index (χ3v) is 7.11. The summed E-state index contributed by atoms with van der Waals surface area (Å²) < 4.78 is 16.6. The Morgan fingerprint density at radius 3 is 2.26 bits per heavy atom. The lowest BCUT2D eigenvalue weighted by molar-refractivity contribution is -0.142. The summed E-state index contributed by atoms with van der Waals surface area (Å²) in [6, 6.07) is 9.62. The van der Waals surface area contributed by atoms with Crippen molar-refractivity contribution in [2.45, 2.75) is 66.3 Å². The van der Waals surface area contributed by atoms with E-state index in [-0.39, 0.29) is 23.8 Å². The van der Waals surface area contributed by atoms with Crippen LogP contribution < -0.4 is 9.47 Å². The van der Waals surface area contributed by atoms with Crippen LogP contribution in [0, 0.1) is 12.3 Å². The zero-order chi connectivity index (χ0) is 28.4. The summed E-state index contributed by atoms with van der Waals surface area (Å²) in [6.07, 6.45) is 4.70. The van der Waals surface area contributed by atoms with E-state index < -0.39 is 0 Å². The van der Waals surface area contributed by atoms with Crippen LogP contribution in [0.25, 0.3) is 0 Å². The molecule has 2 aromatic rings. The van der Waals surface area contributed by atoms with Crippen molar-refractivity contribution in [3.63, 3.8) is 0 Å². The molecule has 3 rings (SSSR count). The van der Waals surface area contributed by atoms with Crippen molar-refractivity contribution >= 4 is 11.8 Å². The average molecular weight is 542 g/mol. The van der Waals surface area contributed by atoms with Gasteiger partial charge in [0.15, 0.2) is 11.5 Å². The van der Waals surface area contributed by atoms with Gasteiger partial charge in [0.05, 0.1) is 27.3 Å². The molecule has 2 amide bonds. The van der Waals surface area contributed by atoms with Crippen molar-refractivity contribution in [3.05, 3.63) is 47.4 Å². The van der Waals surface area contributed by atoms with Crippen molar-refractivity contribution in [1.29, 1.82) is 0 Å². The van der Waals surface area contributed by atoms with Gasteiger partial charge < -0.3 is 28.6 Å². The fourth-order valence-corrected chi connectivity index (χ4v) is 4.92. The van der Waals surface area contributed by atoms with Gasteiger partial charge in [-0.25, -0.2) is 0 Å². The molecule has 0 saturated carbocycles. The molecule has 216 valence electrons. The molecule has 2 heterocycles. The Morgan fingerprint density at radius 2 is 1.64 bits per heavy atom. The van der Waals surface area contributed by atoms with E-state index in [0.29, 0.717) is 44.0 Å². The van der Waals surface area contributed by atoms with E-state index in [0.717, 1.165) is 36.7 Å². The largest absolute Gasteiger partial charge is 0.493 e. The molecule has 8 heteroatoms. The first-order valence-corrected chi connectivity index (χ1v) is 14.1. The minimum atomic E-state index is -0.150. The van der Waals surface area contributed by atoms with Gasteiger partial charge in [-0.3, -0.25) is 9.59 Å². The summed E-state index contributed by atoms with van der Waals surface area (Å²) in [5, 5.41) is 0. The Bertz CT molecular complexity index is 1070. The van der Waals surface area contributed by atoms with Gasteiger partial charge in [0.1, 0.15) is 11.5 Å². The molecule has 0 spiro atoms. The van der Waals surface area contributed by atoms with Crippen LogP contribution in [-0.4, -0.2) is 80.0 Å². The van der Waals surface area contributed by atoms with Gasteiger partial charge >= 0.3 is 0 Å². The number of methoxy groups -OCH3 is 2. The summed E-state index contributed by atoms with van der Waals surface area (Å²) in [5.41, 5.74) is 0.884. The van der Waals surface area contributed by atoms with Crippen molar-refractivity contribution in [2.75, 3.05) is 53.5 Å². The summed E-state index contributed by atoms with van der Waals surface area (Å²) in [7, 11) is 3.23. The highest BCUT2D eigenvalue weighted by atomic mass is 16.5. The molecule has 0 unspecified atom stereocenters. The van der Waals surface area contributed by atoms with Crippen LogP contribution in [0.15, 0.2) is 34.7 Å². The number of benzene rings is 1. The van der Waals surface area contributed by atoms with E-state index >= 15 is 0 Å². The molecule has 39 heavy (non-hydrogen) atoms.